The standard InChI is InChI=1S/C26H37N3O5/c1-33-21-13-11-19(18-22(21)34-2)10-12-20-8-3-6-16-28(20)23(30)9-7-17-29-24(31)26(27-25(29)32)14-4-5-15-26/h11,13,18,20H,3-10,12,14-17H2,1-2H3,(H,27,32). The fourth-order valence-corrected chi connectivity index (χ4v) is 5.73. The molecule has 1 aliphatic carbocycles. The van der Waals surface area contributed by atoms with E-state index in [1.807, 2.05) is 23.1 Å². The molecule has 0 radical (unpaired) electrons. The molecule has 2 heterocycles. The number of amides is 4. The number of likely N-dealkylation sites (tertiary alicyclic amines) is 1. The minimum Gasteiger partial charge on any atom is -0.493 e. The number of methoxy groups -OCH3 is 2. The Morgan fingerprint density at radius 1 is 1.09 bits per heavy atom. The van der Waals surface area contributed by atoms with E-state index in [1.54, 1.807) is 14.2 Å². The van der Waals surface area contributed by atoms with Gasteiger partial charge >= 0.3 is 6.03 Å². The number of carbonyl (C=O) groups is 3. The van der Waals surface area contributed by atoms with Crippen molar-refractivity contribution >= 4 is 17.8 Å². The zero-order valence-corrected chi connectivity index (χ0v) is 20.4. The van der Waals surface area contributed by atoms with Gasteiger partial charge in [-0.25, -0.2) is 4.79 Å². The zero-order valence-electron chi connectivity index (χ0n) is 20.4. The molecule has 1 aromatic carbocycles. The molecule has 3 aliphatic rings. The minimum atomic E-state index is -0.677. The average Bonchev–Trinajstić information content (AvgIpc) is 3.42. The number of rotatable bonds is 9. The van der Waals surface area contributed by atoms with Gasteiger partial charge in [0.2, 0.25) is 5.91 Å². The van der Waals surface area contributed by atoms with Gasteiger partial charge in [-0.2, -0.15) is 0 Å². The third-order valence-electron chi connectivity index (χ3n) is 7.64. The summed E-state index contributed by atoms with van der Waals surface area (Å²) in [7, 11) is 3.26. The molecule has 4 rings (SSSR count). The number of benzene rings is 1. The van der Waals surface area contributed by atoms with Crippen LogP contribution in [0.5, 0.6) is 11.5 Å². The second-order valence-corrected chi connectivity index (χ2v) is 9.74. The highest BCUT2D eigenvalue weighted by Gasteiger charge is 2.52. The lowest BCUT2D eigenvalue weighted by atomic mass is 9.95. The van der Waals surface area contributed by atoms with Crippen LogP contribution in [0.1, 0.15) is 69.8 Å². The van der Waals surface area contributed by atoms with Crippen LogP contribution in [0.4, 0.5) is 4.79 Å². The summed E-state index contributed by atoms with van der Waals surface area (Å²) in [5.74, 6) is 1.45. The van der Waals surface area contributed by atoms with Crippen LogP contribution in [0, 0.1) is 0 Å². The van der Waals surface area contributed by atoms with Crippen LogP contribution in [0.2, 0.25) is 0 Å². The Morgan fingerprint density at radius 3 is 2.59 bits per heavy atom. The van der Waals surface area contributed by atoms with Gasteiger partial charge in [0.15, 0.2) is 11.5 Å². The van der Waals surface area contributed by atoms with Crippen molar-refractivity contribution in [3.63, 3.8) is 0 Å². The Hall–Kier alpha value is -2.77. The summed E-state index contributed by atoms with van der Waals surface area (Å²) in [6, 6.07) is 5.89. The van der Waals surface area contributed by atoms with E-state index in [4.69, 9.17) is 9.47 Å². The predicted molar refractivity (Wildman–Crippen MR) is 128 cm³/mol. The molecule has 8 nitrogen and oxygen atoms in total. The van der Waals surface area contributed by atoms with Gasteiger partial charge in [-0.3, -0.25) is 14.5 Å². The molecule has 4 amide bonds. The highest BCUT2D eigenvalue weighted by molar-refractivity contribution is 6.07. The van der Waals surface area contributed by atoms with Crippen LogP contribution >= 0.6 is 0 Å². The van der Waals surface area contributed by atoms with Crippen LogP contribution in [0.15, 0.2) is 18.2 Å². The Labute approximate surface area is 201 Å². The molecule has 1 atom stereocenters. The number of nitrogens with one attached hydrogen (secondary N) is 1. The van der Waals surface area contributed by atoms with Gasteiger partial charge in [0.1, 0.15) is 5.54 Å². The normalized spacial score (nSPS) is 21.8. The van der Waals surface area contributed by atoms with Crippen LogP contribution in [-0.2, 0) is 16.0 Å². The quantitative estimate of drug-likeness (QED) is 0.556. The molecule has 2 aliphatic heterocycles. The molecule has 0 bridgehead atoms. The molecule has 0 aromatic heterocycles. The number of hydrogen-bond acceptors (Lipinski definition) is 5. The third kappa shape index (κ3) is 5.00. The third-order valence-corrected chi connectivity index (χ3v) is 7.64. The van der Waals surface area contributed by atoms with Crippen molar-refractivity contribution in [2.45, 2.75) is 82.2 Å². The smallest absolute Gasteiger partial charge is 0.325 e. The molecule has 186 valence electrons. The SMILES string of the molecule is COc1ccc(CCC2CCCCN2C(=O)CCCN2C(=O)NC3(CCCC3)C2=O)cc1OC. The van der Waals surface area contributed by atoms with Gasteiger partial charge in [-0.1, -0.05) is 18.9 Å². The zero-order chi connectivity index (χ0) is 24.1. The first-order valence-electron chi connectivity index (χ1n) is 12.6. The van der Waals surface area contributed by atoms with Gasteiger partial charge in [0, 0.05) is 25.6 Å². The molecular formula is C26H37N3O5. The van der Waals surface area contributed by atoms with Crippen molar-refractivity contribution in [2.75, 3.05) is 27.3 Å². The van der Waals surface area contributed by atoms with Crippen LogP contribution in [0.3, 0.4) is 0 Å². The molecule has 1 saturated carbocycles. The van der Waals surface area contributed by atoms with Crippen molar-refractivity contribution in [2.24, 2.45) is 0 Å². The fraction of sp³-hybridized carbons (Fsp3) is 0.654. The summed E-state index contributed by atoms with van der Waals surface area (Å²) in [5, 5.41) is 2.91. The van der Waals surface area contributed by atoms with Crippen molar-refractivity contribution < 1.29 is 23.9 Å². The van der Waals surface area contributed by atoms with Gasteiger partial charge in [0.25, 0.3) is 5.91 Å². The molecule has 8 heteroatoms. The Balaban J connectivity index is 1.29. The Morgan fingerprint density at radius 2 is 1.85 bits per heavy atom. The number of piperidine rings is 1. The van der Waals surface area contributed by atoms with Gasteiger partial charge in [0.05, 0.1) is 14.2 Å². The lowest BCUT2D eigenvalue weighted by Crippen LogP contribution is -2.44. The fourth-order valence-electron chi connectivity index (χ4n) is 5.73. The molecular weight excluding hydrogens is 434 g/mol. The summed E-state index contributed by atoms with van der Waals surface area (Å²) >= 11 is 0. The van der Waals surface area contributed by atoms with Gasteiger partial charge in [-0.05, 0) is 69.1 Å². The largest absolute Gasteiger partial charge is 0.493 e. The predicted octanol–water partition coefficient (Wildman–Crippen LogP) is 3.66. The number of urea groups is 1. The van der Waals surface area contributed by atoms with E-state index >= 15 is 0 Å². The number of nitrogens with zero attached hydrogens (tertiary/aromatic N) is 2. The van der Waals surface area contributed by atoms with E-state index in [0.717, 1.165) is 75.6 Å². The van der Waals surface area contributed by atoms with Crippen LogP contribution < -0.4 is 14.8 Å². The summed E-state index contributed by atoms with van der Waals surface area (Å²) in [4.78, 5) is 41.6. The topological polar surface area (TPSA) is 88.2 Å². The van der Waals surface area contributed by atoms with Crippen LogP contribution in [0.25, 0.3) is 0 Å². The highest BCUT2D eigenvalue weighted by Crippen LogP contribution is 2.35. The van der Waals surface area contributed by atoms with Crippen molar-refractivity contribution in [3.8, 4) is 11.5 Å². The second-order valence-electron chi connectivity index (χ2n) is 9.74. The Kier molecular flexibility index (Phi) is 7.63. The van der Waals surface area contributed by atoms with E-state index in [1.165, 1.54) is 4.90 Å². The number of aryl methyl sites for hydroxylation is 1. The first-order valence-corrected chi connectivity index (χ1v) is 12.6. The van der Waals surface area contributed by atoms with E-state index in [0.29, 0.717) is 25.1 Å². The monoisotopic (exact) mass is 471 g/mol. The van der Waals surface area contributed by atoms with E-state index in [-0.39, 0.29) is 23.9 Å². The second kappa shape index (κ2) is 10.7. The number of hydrogen-bond donors (Lipinski definition) is 1. The van der Waals surface area contributed by atoms with Crippen molar-refractivity contribution in [1.82, 2.24) is 15.1 Å². The molecule has 1 unspecified atom stereocenters. The molecule has 3 fully saturated rings. The van der Waals surface area contributed by atoms with Crippen molar-refractivity contribution in [3.05, 3.63) is 23.8 Å². The molecule has 2 saturated heterocycles. The summed E-state index contributed by atoms with van der Waals surface area (Å²) < 4.78 is 10.7. The molecule has 1 N–H and O–H groups in total. The first-order chi connectivity index (χ1) is 16.5. The maximum absolute atomic E-state index is 13.1. The Bertz CT molecular complexity index is 912. The summed E-state index contributed by atoms with van der Waals surface area (Å²) in [6.45, 7) is 1.09. The first kappa shape index (κ1) is 24.4. The van der Waals surface area contributed by atoms with Crippen LogP contribution in [-0.4, -0.2) is 66.5 Å². The highest BCUT2D eigenvalue weighted by atomic mass is 16.5. The number of ether oxygens (including phenoxy) is 2. The number of carbonyl (C=O) groups excluding carboxylic acids is 3. The van der Waals surface area contributed by atoms with Crippen molar-refractivity contribution in [1.29, 1.82) is 0 Å². The van der Waals surface area contributed by atoms with E-state index in [2.05, 4.69) is 5.32 Å². The van der Waals surface area contributed by atoms with Gasteiger partial charge in [-0.15, -0.1) is 0 Å². The van der Waals surface area contributed by atoms with Gasteiger partial charge < -0.3 is 19.7 Å². The lowest BCUT2D eigenvalue weighted by molar-refractivity contribution is -0.136. The number of imide groups is 1. The van der Waals surface area contributed by atoms with E-state index in [9.17, 15) is 14.4 Å². The summed E-state index contributed by atoms with van der Waals surface area (Å²) in [5.41, 5.74) is 0.485. The maximum Gasteiger partial charge on any atom is 0.325 e. The minimum absolute atomic E-state index is 0.104. The van der Waals surface area contributed by atoms with E-state index < -0.39 is 5.54 Å². The molecule has 1 spiro atoms. The molecule has 1 aromatic rings. The summed E-state index contributed by atoms with van der Waals surface area (Å²) in [6.07, 6.45) is 9.18. The average molecular weight is 472 g/mol. The maximum atomic E-state index is 13.1. The molecule has 34 heavy (non-hydrogen) atoms. The lowest BCUT2D eigenvalue weighted by Gasteiger charge is -2.36.